The van der Waals surface area contributed by atoms with Crippen molar-refractivity contribution in [2.75, 3.05) is 12.9 Å². The predicted molar refractivity (Wildman–Crippen MR) is 99.8 cm³/mol. The summed E-state index contributed by atoms with van der Waals surface area (Å²) in [5.74, 6) is -0.0488. The quantitative estimate of drug-likeness (QED) is 0.307. The average Bonchev–Trinajstić information content (AvgIpc) is 3.09. The van der Waals surface area contributed by atoms with Crippen LogP contribution in [-0.2, 0) is 0 Å². The zero-order chi connectivity index (χ0) is 20.1. The third kappa shape index (κ3) is 4.92. The molecule has 0 bridgehead atoms. The van der Waals surface area contributed by atoms with E-state index in [9.17, 15) is 13.2 Å². The molecule has 0 aliphatic rings. The lowest BCUT2D eigenvalue weighted by atomic mass is 10.2. The first-order valence-corrected chi connectivity index (χ1v) is 9.05. The van der Waals surface area contributed by atoms with Crippen molar-refractivity contribution >= 4 is 33.7 Å². The molecule has 0 aliphatic carbocycles. The minimum atomic E-state index is -4.48. The summed E-state index contributed by atoms with van der Waals surface area (Å²) in [5, 5.41) is 20.1. The minimum absolute atomic E-state index is 0.0488. The van der Waals surface area contributed by atoms with E-state index < -0.39 is 12.8 Å². The number of nitriles is 1. The fraction of sp³-hybridized carbons (Fsp3) is 0.176. The molecule has 1 heterocycles. The Morgan fingerprint density at radius 2 is 1.93 bits per heavy atom. The van der Waals surface area contributed by atoms with E-state index in [0.717, 1.165) is 0 Å². The van der Waals surface area contributed by atoms with Crippen LogP contribution in [-0.4, -0.2) is 39.2 Å². The van der Waals surface area contributed by atoms with Crippen molar-refractivity contribution in [2.45, 2.75) is 6.18 Å². The number of benzene rings is 2. The van der Waals surface area contributed by atoms with Gasteiger partial charge in [-0.25, -0.2) is 4.99 Å². The molecule has 0 unspecified atom stereocenters. The number of thioether (sulfide) groups is 1. The summed E-state index contributed by atoms with van der Waals surface area (Å²) in [4.78, 5) is 5.52. The van der Waals surface area contributed by atoms with Gasteiger partial charge < -0.3 is 4.74 Å². The number of amidine groups is 1. The third-order valence-corrected chi connectivity index (χ3v) is 3.96. The molecule has 2 aromatic carbocycles. The van der Waals surface area contributed by atoms with Crippen LogP contribution in [0.4, 0.5) is 18.9 Å². The Balaban J connectivity index is 2.04. The topological polar surface area (TPSA) is 88.1 Å². The molecule has 7 nitrogen and oxygen atoms in total. The van der Waals surface area contributed by atoms with Crippen LogP contribution in [0, 0.1) is 11.5 Å². The van der Waals surface area contributed by atoms with Gasteiger partial charge in [0.15, 0.2) is 18.0 Å². The van der Waals surface area contributed by atoms with E-state index in [0.29, 0.717) is 16.7 Å². The van der Waals surface area contributed by atoms with Gasteiger partial charge in [-0.15, -0.1) is 10.2 Å². The predicted octanol–water partition coefficient (Wildman–Crippen LogP) is 3.78. The van der Waals surface area contributed by atoms with Gasteiger partial charge >= 0.3 is 6.18 Å². The summed E-state index contributed by atoms with van der Waals surface area (Å²) in [7, 11) is 0. The van der Waals surface area contributed by atoms with E-state index in [1.807, 2.05) is 0 Å². The largest absolute Gasteiger partial charge is 0.484 e. The Hall–Kier alpha value is -3.26. The first-order chi connectivity index (χ1) is 13.4. The molecule has 1 N–H and O–H groups in total. The van der Waals surface area contributed by atoms with Crippen molar-refractivity contribution in [3.8, 4) is 17.6 Å². The maximum atomic E-state index is 12.5. The maximum Gasteiger partial charge on any atom is 0.422 e. The van der Waals surface area contributed by atoms with Crippen molar-refractivity contribution in [3.05, 3.63) is 42.5 Å². The number of alkyl halides is 3. The molecule has 3 aromatic rings. The number of nitrogens with one attached hydrogen (secondary N) is 1. The number of ether oxygens (including phenoxy) is 1. The monoisotopic (exact) mass is 406 g/mol. The molecule has 0 amide bonds. The van der Waals surface area contributed by atoms with Gasteiger partial charge in [-0.3, -0.25) is 5.32 Å². The summed E-state index contributed by atoms with van der Waals surface area (Å²) in [6.07, 6.45) is -1.03. The molecule has 1 aromatic heterocycles. The number of aliphatic imine (C=N–C) groups is 1. The number of halogens is 3. The molecule has 0 atom stereocenters. The second kappa shape index (κ2) is 8.18. The van der Waals surface area contributed by atoms with Crippen LogP contribution in [0.5, 0.6) is 5.75 Å². The standard InChI is InChI=1S/C17H13F3N6OS/c1-28-16(22-10-21)23-11-6-12(8-13(7-11)27-9-17(18,19)20)26-24-14-4-2-3-5-15(14)25-26/h2-8H,9H2,1H3,(H,22,23). The maximum absolute atomic E-state index is 12.5. The lowest BCUT2D eigenvalue weighted by Gasteiger charge is -2.11. The van der Waals surface area contributed by atoms with Crippen LogP contribution in [0.15, 0.2) is 47.5 Å². The number of hydrogen-bond acceptors (Lipinski definition) is 6. The summed E-state index contributed by atoms with van der Waals surface area (Å²) in [6, 6.07) is 11.5. The molecule has 0 radical (unpaired) electrons. The minimum Gasteiger partial charge on any atom is -0.484 e. The highest BCUT2D eigenvalue weighted by Gasteiger charge is 2.28. The van der Waals surface area contributed by atoms with E-state index in [2.05, 4.69) is 20.5 Å². The third-order valence-electron chi connectivity index (χ3n) is 3.38. The van der Waals surface area contributed by atoms with E-state index >= 15 is 0 Å². The molecule has 0 spiro atoms. The van der Waals surface area contributed by atoms with Crippen LogP contribution >= 0.6 is 11.8 Å². The second-order valence-electron chi connectivity index (χ2n) is 5.43. The first kappa shape index (κ1) is 19.5. The van der Waals surface area contributed by atoms with Crippen LogP contribution in [0.1, 0.15) is 0 Å². The average molecular weight is 406 g/mol. The molecule has 0 saturated heterocycles. The molecule has 0 saturated carbocycles. The van der Waals surface area contributed by atoms with Gasteiger partial charge in [-0.1, -0.05) is 23.9 Å². The van der Waals surface area contributed by atoms with Crippen molar-refractivity contribution in [1.82, 2.24) is 20.3 Å². The van der Waals surface area contributed by atoms with Crippen LogP contribution in [0.2, 0.25) is 0 Å². The smallest absolute Gasteiger partial charge is 0.422 e. The van der Waals surface area contributed by atoms with Crippen molar-refractivity contribution in [3.63, 3.8) is 0 Å². The zero-order valence-electron chi connectivity index (χ0n) is 14.4. The van der Waals surface area contributed by atoms with Crippen molar-refractivity contribution < 1.29 is 17.9 Å². The molecule has 144 valence electrons. The fourth-order valence-electron chi connectivity index (χ4n) is 2.26. The number of aromatic nitrogens is 3. The highest BCUT2D eigenvalue weighted by molar-refractivity contribution is 8.13. The van der Waals surface area contributed by atoms with E-state index in [1.165, 1.54) is 28.7 Å². The number of fused-ring (bicyclic) bond motifs is 1. The number of rotatable bonds is 4. The Morgan fingerprint density at radius 3 is 2.50 bits per heavy atom. The Morgan fingerprint density at radius 1 is 1.25 bits per heavy atom. The van der Waals surface area contributed by atoms with Gasteiger partial charge in [-0.05, 0) is 24.5 Å². The number of nitrogens with zero attached hydrogens (tertiary/aromatic N) is 5. The number of hydrogen-bond donors (Lipinski definition) is 1. The van der Waals surface area contributed by atoms with Gasteiger partial charge in [0.25, 0.3) is 0 Å². The van der Waals surface area contributed by atoms with Crippen LogP contribution in [0.3, 0.4) is 0 Å². The van der Waals surface area contributed by atoms with Gasteiger partial charge in [0.1, 0.15) is 16.8 Å². The van der Waals surface area contributed by atoms with E-state index in [4.69, 9.17) is 10.00 Å². The molecule has 28 heavy (non-hydrogen) atoms. The normalized spacial score (nSPS) is 12.0. The van der Waals surface area contributed by atoms with Crippen LogP contribution in [0.25, 0.3) is 16.7 Å². The lowest BCUT2D eigenvalue weighted by molar-refractivity contribution is -0.153. The highest BCUT2D eigenvalue weighted by Crippen LogP contribution is 2.28. The van der Waals surface area contributed by atoms with Gasteiger partial charge in [0.05, 0.1) is 11.4 Å². The molecular weight excluding hydrogens is 393 g/mol. The zero-order valence-corrected chi connectivity index (χ0v) is 15.3. The fourth-order valence-corrected chi connectivity index (χ4v) is 2.61. The molecule has 11 heteroatoms. The summed E-state index contributed by atoms with van der Waals surface area (Å²) >= 11 is 1.18. The van der Waals surface area contributed by atoms with Gasteiger partial charge in [0.2, 0.25) is 0 Å². The van der Waals surface area contributed by atoms with E-state index in [1.54, 1.807) is 42.8 Å². The summed E-state index contributed by atoms with van der Waals surface area (Å²) in [5.41, 5.74) is 1.91. The highest BCUT2D eigenvalue weighted by atomic mass is 32.2. The Bertz CT molecular complexity index is 1020. The lowest BCUT2D eigenvalue weighted by Crippen LogP contribution is -2.19. The van der Waals surface area contributed by atoms with Crippen molar-refractivity contribution in [2.24, 2.45) is 4.99 Å². The van der Waals surface area contributed by atoms with Gasteiger partial charge in [0, 0.05) is 12.1 Å². The van der Waals surface area contributed by atoms with Crippen molar-refractivity contribution in [1.29, 1.82) is 5.26 Å². The first-order valence-electron chi connectivity index (χ1n) is 7.83. The summed E-state index contributed by atoms with van der Waals surface area (Å²) in [6.45, 7) is -1.44. The molecule has 0 aliphatic heterocycles. The molecule has 3 rings (SSSR count). The molecular formula is C17H13F3N6OS. The SMILES string of the molecule is CSC(=Nc1cc(OCC(F)(F)F)cc(-n2nc3ccccc3n2)c1)NC#N. The van der Waals surface area contributed by atoms with Crippen LogP contribution < -0.4 is 10.1 Å². The Labute approximate surface area is 161 Å². The van der Waals surface area contributed by atoms with E-state index in [-0.39, 0.29) is 16.6 Å². The summed E-state index contributed by atoms with van der Waals surface area (Å²) < 4.78 is 42.5. The van der Waals surface area contributed by atoms with Gasteiger partial charge in [-0.2, -0.15) is 23.2 Å². The Kier molecular flexibility index (Phi) is 5.70. The second-order valence-corrected chi connectivity index (χ2v) is 6.22. The molecule has 0 fully saturated rings.